The highest BCUT2D eigenvalue weighted by Gasteiger charge is 2.17. The van der Waals surface area contributed by atoms with Crippen molar-refractivity contribution in [3.05, 3.63) is 54.7 Å². The number of hydrogen-bond donors (Lipinski definition) is 2. The summed E-state index contributed by atoms with van der Waals surface area (Å²) in [4.78, 5) is 11.5. The number of pyridine rings is 1. The standard InChI is InChI=1S/C17H16N6O2S/c1-11-18-10-16(21-11)14-7-6-13(9-19-14)26(24,25)22-15-5-3-4-12-8-20-23(2)17(12)15/h3-10,22H,1-2H3,(H,18,21). The molecule has 26 heavy (non-hydrogen) atoms. The van der Waals surface area contributed by atoms with Crippen molar-refractivity contribution in [3.8, 4) is 11.4 Å². The molecule has 8 nitrogen and oxygen atoms in total. The van der Waals surface area contributed by atoms with Gasteiger partial charge >= 0.3 is 0 Å². The molecule has 0 atom stereocenters. The van der Waals surface area contributed by atoms with Gasteiger partial charge in [0, 0.05) is 18.6 Å². The van der Waals surface area contributed by atoms with E-state index >= 15 is 0 Å². The number of hydrogen-bond acceptors (Lipinski definition) is 5. The largest absolute Gasteiger partial charge is 0.341 e. The molecule has 0 aliphatic heterocycles. The quantitative estimate of drug-likeness (QED) is 0.576. The average Bonchev–Trinajstić information content (AvgIpc) is 3.22. The highest BCUT2D eigenvalue weighted by Crippen LogP contribution is 2.25. The van der Waals surface area contributed by atoms with E-state index in [9.17, 15) is 8.42 Å². The molecular weight excluding hydrogens is 352 g/mol. The number of fused-ring (bicyclic) bond motifs is 1. The highest BCUT2D eigenvalue weighted by atomic mass is 32.2. The molecule has 4 aromatic rings. The van der Waals surface area contributed by atoms with Crippen molar-refractivity contribution in [2.45, 2.75) is 11.8 Å². The fraction of sp³-hybridized carbons (Fsp3) is 0.118. The lowest BCUT2D eigenvalue weighted by Crippen LogP contribution is -2.14. The molecular formula is C17H16N6O2S. The van der Waals surface area contributed by atoms with E-state index in [2.05, 4.69) is 24.8 Å². The Kier molecular flexibility index (Phi) is 3.73. The van der Waals surface area contributed by atoms with E-state index in [0.717, 1.165) is 16.9 Å². The maximum absolute atomic E-state index is 12.7. The number of H-pyrrole nitrogens is 1. The minimum Gasteiger partial charge on any atom is -0.341 e. The molecule has 0 spiro atoms. The van der Waals surface area contributed by atoms with Gasteiger partial charge in [0.05, 0.1) is 35.0 Å². The summed E-state index contributed by atoms with van der Waals surface area (Å²) in [5.74, 6) is 0.768. The summed E-state index contributed by atoms with van der Waals surface area (Å²) in [6, 6.07) is 8.53. The highest BCUT2D eigenvalue weighted by molar-refractivity contribution is 7.92. The van der Waals surface area contributed by atoms with E-state index < -0.39 is 10.0 Å². The molecule has 3 heterocycles. The molecule has 0 bridgehead atoms. The van der Waals surface area contributed by atoms with Crippen LogP contribution in [-0.4, -0.2) is 33.2 Å². The maximum Gasteiger partial charge on any atom is 0.263 e. The van der Waals surface area contributed by atoms with Gasteiger partial charge in [0.2, 0.25) is 0 Å². The number of anilines is 1. The third-order valence-electron chi connectivity index (χ3n) is 4.03. The first-order valence-corrected chi connectivity index (χ1v) is 9.34. The molecule has 1 aromatic carbocycles. The topological polar surface area (TPSA) is 106 Å². The van der Waals surface area contributed by atoms with Crippen molar-refractivity contribution in [3.63, 3.8) is 0 Å². The maximum atomic E-state index is 12.7. The predicted octanol–water partition coefficient (Wildman–Crippen LogP) is 2.47. The first-order valence-electron chi connectivity index (χ1n) is 7.85. The molecule has 132 valence electrons. The Morgan fingerprint density at radius 3 is 2.62 bits per heavy atom. The Morgan fingerprint density at radius 1 is 1.08 bits per heavy atom. The number of aromatic nitrogens is 5. The summed E-state index contributed by atoms with van der Waals surface area (Å²) in [7, 11) is -2.01. The number of nitrogens with zero attached hydrogens (tertiary/aromatic N) is 4. The zero-order valence-electron chi connectivity index (χ0n) is 14.1. The van der Waals surface area contributed by atoms with E-state index in [4.69, 9.17) is 0 Å². The van der Waals surface area contributed by atoms with Gasteiger partial charge in [0.1, 0.15) is 10.7 Å². The van der Waals surface area contributed by atoms with Crippen LogP contribution in [0.1, 0.15) is 5.82 Å². The molecule has 0 fully saturated rings. The van der Waals surface area contributed by atoms with Crippen molar-refractivity contribution >= 4 is 26.6 Å². The molecule has 0 unspecified atom stereocenters. The fourth-order valence-electron chi connectivity index (χ4n) is 2.77. The van der Waals surface area contributed by atoms with Crippen LogP contribution >= 0.6 is 0 Å². The Balaban J connectivity index is 1.67. The zero-order chi connectivity index (χ0) is 18.3. The molecule has 3 aromatic heterocycles. The number of para-hydroxylation sites is 1. The average molecular weight is 368 g/mol. The molecule has 0 amide bonds. The van der Waals surface area contributed by atoms with Gasteiger partial charge in [-0.2, -0.15) is 5.10 Å². The van der Waals surface area contributed by atoms with Gasteiger partial charge in [0.15, 0.2) is 0 Å². The summed E-state index contributed by atoms with van der Waals surface area (Å²) in [5.41, 5.74) is 2.54. The summed E-state index contributed by atoms with van der Waals surface area (Å²) < 4.78 is 29.7. The van der Waals surface area contributed by atoms with E-state index in [1.54, 1.807) is 42.3 Å². The lowest BCUT2D eigenvalue weighted by atomic mass is 10.2. The number of nitrogens with one attached hydrogen (secondary N) is 2. The molecule has 0 saturated carbocycles. The van der Waals surface area contributed by atoms with Gasteiger partial charge in [0.25, 0.3) is 10.0 Å². The van der Waals surface area contributed by atoms with Crippen LogP contribution in [0.4, 0.5) is 5.69 Å². The fourth-order valence-corrected chi connectivity index (χ4v) is 3.78. The summed E-state index contributed by atoms with van der Waals surface area (Å²) >= 11 is 0. The Bertz CT molecular complexity index is 1190. The number of rotatable bonds is 4. The molecule has 0 radical (unpaired) electrons. The number of sulfonamides is 1. The van der Waals surface area contributed by atoms with Gasteiger partial charge in [-0.1, -0.05) is 12.1 Å². The van der Waals surface area contributed by atoms with Crippen molar-refractivity contribution in [2.24, 2.45) is 7.05 Å². The van der Waals surface area contributed by atoms with Crippen molar-refractivity contribution in [2.75, 3.05) is 4.72 Å². The van der Waals surface area contributed by atoms with Crippen LogP contribution in [-0.2, 0) is 17.1 Å². The zero-order valence-corrected chi connectivity index (χ0v) is 14.9. The second-order valence-electron chi connectivity index (χ2n) is 5.88. The van der Waals surface area contributed by atoms with Gasteiger partial charge in [-0.3, -0.25) is 14.4 Å². The summed E-state index contributed by atoms with van der Waals surface area (Å²) in [6.45, 7) is 1.84. The van der Waals surface area contributed by atoms with Gasteiger partial charge < -0.3 is 4.98 Å². The number of aryl methyl sites for hydroxylation is 2. The third kappa shape index (κ3) is 2.82. The van der Waals surface area contributed by atoms with Crippen LogP contribution < -0.4 is 4.72 Å². The molecule has 0 saturated heterocycles. The lowest BCUT2D eigenvalue weighted by Gasteiger charge is -2.10. The predicted molar refractivity (Wildman–Crippen MR) is 98.1 cm³/mol. The molecule has 4 rings (SSSR count). The van der Waals surface area contributed by atoms with E-state index in [1.165, 1.54) is 12.3 Å². The van der Waals surface area contributed by atoms with Crippen LogP contribution in [0.15, 0.2) is 53.8 Å². The molecule has 2 N–H and O–H groups in total. The minimum absolute atomic E-state index is 0.0802. The second kappa shape index (κ2) is 5.95. The van der Waals surface area contributed by atoms with Crippen LogP contribution in [0.25, 0.3) is 22.3 Å². The first kappa shape index (κ1) is 16.3. The third-order valence-corrected chi connectivity index (χ3v) is 5.38. The number of imidazole rings is 1. The van der Waals surface area contributed by atoms with Crippen LogP contribution in [0.3, 0.4) is 0 Å². The summed E-state index contributed by atoms with van der Waals surface area (Å²) in [5, 5.41) is 5.02. The van der Waals surface area contributed by atoms with Crippen LogP contribution in [0, 0.1) is 6.92 Å². The van der Waals surface area contributed by atoms with Crippen molar-refractivity contribution in [1.29, 1.82) is 0 Å². The van der Waals surface area contributed by atoms with E-state index in [1.807, 2.05) is 13.0 Å². The molecule has 0 aliphatic carbocycles. The summed E-state index contributed by atoms with van der Waals surface area (Å²) in [6.07, 6.45) is 4.68. The van der Waals surface area contributed by atoms with Crippen molar-refractivity contribution in [1.82, 2.24) is 24.7 Å². The Morgan fingerprint density at radius 2 is 1.92 bits per heavy atom. The SMILES string of the molecule is Cc1ncc(-c2ccc(S(=O)(=O)Nc3cccc4cnn(C)c34)cn2)[nH]1. The van der Waals surface area contributed by atoms with E-state index in [-0.39, 0.29) is 4.90 Å². The molecule has 0 aliphatic rings. The first-order chi connectivity index (χ1) is 12.4. The van der Waals surface area contributed by atoms with Crippen LogP contribution in [0.5, 0.6) is 0 Å². The smallest absolute Gasteiger partial charge is 0.263 e. The number of aromatic amines is 1. The second-order valence-corrected chi connectivity index (χ2v) is 7.56. The normalized spacial score (nSPS) is 11.8. The lowest BCUT2D eigenvalue weighted by molar-refractivity contribution is 0.601. The van der Waals surface area contributed by atoms with E-state index in [0.29, 0.717) is 16.9 Å². The number of benzene rings is 1. The monoisotopic (exact) mass is 368 g/mol. The van der Waals surface area contributed by atoms with Gasteiger partial charge in [-0.05, 0) is 25.1 Å². The Labute approximate surface area is 150 Å². The van der Waals surface area contributed by atoms with Crippen molar-refractivity contribution < 1.29 is 8.42 Å². The van der Waals surface area contributed by atoms with Gasteiger partial charge in [-0.25, -0.2) is 13.4 Å². The van der Waals surface area contributed by atoms with Gasteiger partial charge in [-0.15, -0.1) is 0 Å². The minimum atomic E-state index is -3.77. The Hall–Kier alpha value is -3.20. The molecule has 9 heteroatoms. The van der Waals surface area contributed by atoms with Crippen LogP contribution in [0.2, 0.25) is 0 Å².